The lowest BCUT2D eigenvalue weighted by atomic mass is 10.0. The summed E-state index contributed by atoms with van der Waals surface area (Å²) in [6, 6.07) is 19.8. The Bertz CT molecular complexity index is 1260. The van der Waals surface area contributed by atoms with E-state index in [0.29, 0.717) is 11.7 Å². The summed E-state index contributed by atoms with van der Waals surface area (Å²) in [5.74, 6) is 0.653. The summed E-state index contributed by atoms with van der Waals surface area (Å²) in [5.41, 5.74) is 18.2. The first kappa shape index (κ1) is 20.0. The standard InChI is InChI=1S/C23H22N6O2/c1-30-27-22(24)18-9-5-16(6-10-18)15-3-7-17(8-4-15)20-14-29-13-19(23(25)28-31-2)11-12-21(29)26-20/h3-14H,1-2H3,(H2,24,27)(H2,25,28). The number of rotatable bonds is 6. The van der Waals surface area contributed by atoms with Crippen molar-refractivity contribution in [2.75, 3.05) is 14.2 Å². The number of benzene rings is 2. The minimum Gasteiger partial charge on any atom is -0.397 e. The van der Waals surface area contributed by atoms with Crippen LogP contribution < -0.4 is 11.5 Å². The summed E-state index contributed by atoms with van der Waals surface area (Å²) in [6.07, 6.45) is 3.83. The number of amidine groups is 2. The highest BCUT2D eigenvalue weighted by Crippen LogP contribution is 2.25. The molecule has 8 nitrogen and oxygen atoms in total. The van der Waals surface area contributed by atoms with Gasteiger partial charge in [0, 0.05) is 29.1 Å². The van der Waals surface area contributed by atoms with Gasteiger partial charge in [-0.3, -0.25) is 0 Å². The average Bonchev–Trinajstić information content (AvgIpc) is 3.23. The van der Waals surface area contributed by atoms with Crippen molar-refractivity contribution in [1.29, 1.82) is 0 Å². The lowest BCUT2D eigenvalue weighted by Crippen LogP contribution is -2.14. The molecule has 156 valence electrons. The number of hydrogen-bond acceptors (Lipinski definition) is 5. The Morgan fingerprint density at radius 2 is 1.23 bits per heavy atom. The van der Waals surface area contributed by atoms with Crippen molar-refractivity contribution in [2.24, 2.45) is 21.8 Å². The molecule has 2 heterocycles. The number of aromatic nitrogens is 2. The molecule has 0 saturated heterocycles. The molecule has 0 unspecified atom stereocenters. The maximum absolute atomic E-state index is 5.90. The number of nitrogens with zero attached hydrogens (tertiary/aromatic N) is 4. The third-order valence-corrected chi connectivity index (χ3v) is 4.82. The van der Waals surface area contributed by atoms with Crippen molar-refractivity contribution >= 4 is 17.3 Å². The van der Waals surface area contributed by atoms with Crippen LogP contribution in [0.2, 0.25) is 0 Å². The molecule has 0 amide bonds. The van der Waals surface area contributed by atoms with E-state index < -0.39 is 0 Å². The Hall–Kier alpha value is -4.33. The normalized spacial score (nSPS) is 12.2. The Morgan fingerprint density at radius 1 is 0.710 bits per heavy atom. The molecule has 8 heteroatoms. The van der Waals surface area contributed by atoms with Gasteiger partial charge in [-0.05, 0) is 23.3 Å². The fraction of sp³-hybridized carbons (Fsp3) is 0.0870. The van der Waals surface area contributed by atoms with Gasteiger partial charge in [-0.15, -0.1) is 0 Å². The van der Waals surface area contributed by atoms with Gasteiger partial charge in [0.15, 0.2) is 11.7 Å². The van der Waals surface area contributed by atoms with Gasteiger partial charge >= 0.3 is 0 Å². The molecule has 4 aromatic rings. The predicted octanol–water partition coefficient (Wildman–Crippen LogP) is 3.20. The van der Waals surface area contributed by atoms with Crippen LogP contribution in [0.15, 0.2) is 83.4 Å². The Balaban J connectivity index is 1.58. The molecule has 0 saturated carbocycles. The molecule has 31 heavy (non-hydrogen) atoms. The van der Waals surface area contributed by atoms with E-state index in [4.69, 9.17) is 26.1 Å². The molecule has 0 aliphatic rings. The fourth-order valence-electron chi connectivity index (χ4n) is 3.25. The lowest BCUT2D eigenvalue weighted by molar-refractivity contribution is 0.213. The first-order chi connectivity index (χ1) is 15.1. The average molecular weight is 414 g/mol. The third kappa shape index (κ3) is 4.18. The maximum atomic E-state index is 5.90. The zero-order valence-corrected chi connectivity index (χ0v) is 17.2. The highest BCUT2D eigenvalue weighted by molar-refractivity contribution is 5.97. The Morgan fingerprint density at radius 3 is 1.84 bits per heavy atom. The molecule has 0 atom stereocenters. The first-order valence-corrected chi connectivity index (χ1v) is 9.52. The van der Waals surface area contributed by atoms with Gasteiger partial charge < -0.3 is 25.5 Å². The number of pyridine rings is 1. The van der Waals surface area contributed by atoms with Gasteiger partial charge in [-0.1, -0.05) is 58.8 Å². The number of fused-ring (bicyclic) bond motifs is 1. The topological polar surface area (TPSA) is 113 Å². The van der Waals surface area contributed by atoms with E-state index in [2.05, 4.69) is 22.4 Å². The number of nitrogens with two attached hydrogens (primary N) is 2. The van der Waals surface area contributed by atoms with E-state index in [1.807, 2.05) is 65.3 Å². The van der Waals surface area contributed by atoms with Crippen LogP contribution in [0.3, 0.4) is 0 Å². The minimum atomic E-state index is 0.310. The van der Waals surface area contributed by atoms with E-state index in [9.17, 15) is 0 Å². The number of hydrogen-bond donors (Lipinski definition) is 2. The van der Waals surface area contributed by atoms with Crippen molar-refractivity contribution < 1.29 is 9.68 Å². The molecule has 4 rings (SSSR count). The van der Waals surface area contributed by atoms with Crippen molar-refractivity contribution in [3.63, 3.8) is 0 Å². The summed E-state index contributed by atoms with van der Waals surface area (Å²) >= 11 is 0. The molecule has 0 spiro atoms. The van der Waals surface area contributed by atoms with Crippen molar-refractivity contribution in [3.8, 4) is 22.4 Å². The van der Waals surface area contributed by atoms with Gasteiger partial charge in [0.05, 0.1) is 5.69 Å². The van der Waals surface area contributed by atoms with Crippen molar-refractivity contribution in [1.82, 2.24) is 9.38 Å². The van der Waals surface area contributed by atoms with E-state index >= 15 is 0 Å². The minimum absolute atomic E-state index is 0.310. The Labute approximate surface area is 179 Å². The Kier molecular flexibility index (Phi) is 5.53. The van der Waals surface area contributed by atoms with Crippen LogP contribution in [0, 0.1) is 0 Å². The van der Waals surface area contributed by atoms with Crippen LogP contribution in [0.25, 0.3) is 28.0 Å². The zero-order chi connectivity index (χ0) is 21.8. The first-order valence-electron chi connectivity index (χ1n) is 9.52. The van der Waals surface area contributed by atoms with Gasteiger partial charge in [0.1, 0.15) is 19.9 Å². The van der Waals surface area contributed by atoms with Crippen LogP contribution in [-0.4, -0.2) is 35.3 Å². The SMILES string of the molecule is CON=C(N)c1ccc(-c2ccc(-c3cn4cc(C(N)=NOC)ccc4n3)cc2)cc1. The predicted molar refractivity (Wildman–Crippen MR) is 122 cm³/mol. The second kappa shape index (κ2) is 8.58. The highest BCUT2D eigenvalue weighted by atomic mass is 16.6. The smallest absolute Gasteiger partial charge is 0.171 e. The summed E-state index contributed by atoms with van der Waals surface area (Å²) in [6.45, 7) is 0. The van der Waals surface area contributed by atoms with Crippen LogP contribution in [-0.2, 0) is 9.68 Å². The molecule has 2 aromatic carbocycles. The second-order valence-electron chi connectivity index (χ2n) is 6.78. The molecule has 2 aromatic heterocycles. The molecule has 0 aliphatic heterocycles. The lowest BCUT2D eigenvalue weighted by Gasteiger charge is -2.05. The highest BCUT2D eigenvalue weighted by Gasteiger charge is 2.08. The summed E-state index contributed by atoms with van der Waals surface area (Å²) in [7, 11) is 2.93. The van der Waals surface area contributed by atoms with Crippen molar-refractivity contribution in [2.45, 2.75) is 0 Å². The van der Waals surface area contributed by atoms with Gasteiger partial charge in [-0.25, -0.2) is 4.98 Å². The summed E-state index contributed by atoms with van der Waals surface area (Å²) < 4.78 is 1.92. The van der Waals surface area contributed by atoms with E-state index in [1.54, 1.807) is 0 Å². The fourth-order valence-corrected chi connectivity index (χ4v) is 3.25. The zero-order valence-electron chi connectivity index (χ0n) is 17.2. The quantitative estimate of drug-likeness (QED) is 0.286. The van der Waals surface area contributed by atoms with Crippen LogP contribution in [0.5, 0.6) is 0 Å². The van der Waals surface area contributed by atoms with E-state index in [1.165, 1.54) is 14.2 Å². The molecule has 0 bridgehead atoms. The number of oxime groups is 2. The summed E-state index contributed by atoms with van der Waals surface area (Å²) in [5, 5.41) is 7.52. The summed E-state index contributed by atoms with van der Waals surface area (Å²) in [4.78, 5) is 14.2. The molecule has 0 aliphatic carbocycles. The maximum Gasteiger partial charge on any atom is 0.171 e. The van der Waals surface area contributed by atoms with Gasteiger partial charge in [0.2, 0.25) is 0 Å². The molecule has 0 radical (unpaired) electrons. The monoisotopic (exact) mass is 414 g/mol. The third-order valence-electron chi connectivity index (χ3n) is 4.82. The van der Waals surface area contributed by atoms with E-state index in [-0.39, 0.29) is 0 Å². The second-order valence-corrected chi connectivity index (χ2v) is 6.78. The number of imidazole rings is 1. The van der Waals surface area contributed by atoms with Crippen LogP contribution in [0.4, 0.5) is 0 Å². The van der Waals surface area contributed by atoms with Gasteiger partial charge in [-0.2, -0.15) is 0 Å². The van der Waals surface area contributed by atoms with Crippen LogP contribution >= 0.6 is 0 Å². The molecular weight excluding hydrogens is 392 g/mol. The molecule has 0 fully saturated rings. The van der Waals surface area contributed by atoms with Crippen molar-refractivity contribution in [3.05, 3.63) is 84.2 Å². The largest absolute Gasteiger partial charge is 0.397 e. The van der Waals surface area contributed by atoms with E-state index in [0.717, 1.165) is 39.2 Å². The van der Waals surface area contributed by atoms with Crippen LogP contribution in [0.1, 0.15) is 11.1 Å². The van der Waals surface area contributed by atoms with Gasteiger partial charge in [0.25, 0.3) is 0 Å². The molecular formula is C23H22N6O2. The molecule has 4 N–H and O–H groups in total.